The van der Waals surface area contributed by atoms with Gasteiger partial charge in [-0.3, -0.25) is 14.5 Å². The summed E-state index contributed by atoms with van der Waals surface area (Å²) in [4.78, 5) is 25.4. The van der Waals surface area contributed by atoms with E-state index >= 15 is 0 Å². The zero-order valence-corrected chi connectivity index (χ0v) is 15.2. The van der Waals surface area contributed by atoms with E-state index in [1.54, 1.807) is 24.3 Å². The van der Waals surface area contributed by atoms with Gasteiger partial charge in [0, 0.05) is 22.3 Å². The van der Waals surface area contributed by atoms with Gasteiger partial charge in [-0.25, -0.2) is 0 Å². The molecule has 0 aromatic heterocycles. The first-order valence-electron chi connectivity index (χ1n) is 7.52. The van der Waals surface area contributed by atoms with Crippen molar-refractivity contribution in [2.45, 2.75) is 19.5 Å². The van der Waals surface area contributed by atoms with Gasteiger partial charge in [-0.2, -0.15) is 0 Å². The topological polar surface area (TPSA) is 75.4 Å². The third-order valence-corrected chi connectivity index (χ3v) is 4.35. The molecular formula is C18H20BrN3O2. The van der Waals surface area contributed by atoms with Crippen molar-refractivity contribution in [2.75, 3.05) is 12.4 Å². The number of carbonyl (C=O) groups is 2. The van der Waals surface area contributed by atoms with E-state index in [0.29, 0.717) is 17.8 Å². The predicted molar refractivity (Wildman–Crippen MR) is 98.7 cm³/mol. The molecule has 2 aromatic rings. The third-order valence-electron chi connectivity index (χ3n) is 3.82. The van der Waals surface area contributed by atoms with E-state index in [9.17, 15) is 9.59 Å². The minimum Gasteiger partial charge on any atom is -0.366 e. The first kappa shape index (κ1) is 18.2. The predicted octanol–water partition coefficient (Wildman–Crippen LogP) is 3.01. The molecule has 3 N–H and O–H groups in total. The van der Waals surface area contributed by atoms with E-state index < -0.39 is 5.91 Å². The molecule has 0 saturated heterocycles. The number of primary amides is 1. The van der Waals surface area contributed by atoms with Gasteiger partial charge in [-0.1, -0.05) is 28.1 Å². The van der Waals surface area contributed by atoms with Crippen LogP contribution in [0.15, 0.2) is 53.0 Å². The second-order valence-electron chi connectivity index (χ2n) is 5.65. The van der Waals surface area contributed by atoms with E-state index in [2.05, 4.69) is 21.2 Å². The van der Waals surface area contributed by atoms with E-state index in [4.69, 9.17) is 5.73 Å². The van der Waals surface area contributed by atoms with Crippen LogP contribution in [0, 0.1) is 0 Å². The molecule has 0 heterocycles. The Morgan fingerprint density at radius 3 is 2.25 bits per heavy atom. The average Bonchev–Trinajstić information content (AvgIpc) is 2.56. The summed E-state index contributed by atoms with van der Waals surface area (Å²) >= 11 is 3.41. The smallest absolute Gasteiger partial charge is 0.248 e. The summed E-state index contributed by atoms with van der Waals surface area (Å²) in [5, 5.41) is 2.84. The second kappa shape index (κ2) is 8.08. The van der Waals surface area contributed by atoms with Gasteiger partial charge in [-0.05, 0) is 55.9 Å². The molecule has 0 fully saturated rings. The van der Waals surface area contributed by atoms with Gasteiger partial charge in [0.05, 0.1) is 6.04 Å². The number of nitrogens with zero attached hydrogens (tertiary/aromatic N) is 1. The highest BCUT2D eigenvalue weighted by Gasteiger charge is 2.18. The lowest BCUT2D eigenvalue weighted by molar-refractivity contribution is -0.120. The molecule has 0 bridgehead atoms. The second-order valence-corrected chi connectivity index (χ2v) is 6.56. The summed E-state index contributed by atoms with van der Waals surface area (Å²) in [5.74, 6) is -0.600. The Hall–Kier alpha value is -2.18. The summed E-state index contributed by atoms with van der Waals surface area (Å²) in [6, 6.07) is 14.2. The van der Waals surface area contributed by atoms with Crippen LogP contribution in [0.2, 0.25) is 0 Å². The molecule has 0 aliphatic carbocycles. The molecule has 126 valence electrons. The van der Waals surface area contributed by atoms with Crippen LogP contribution in [0.4, 0.5) is 5.69 Å². The highest BCUT2D eigenvalue weighted by molar-refractivity contribution is 9.10. The first-order valence-corrected chi connectivity index (χ1v) is 8.31. The molecule has 0 spiro atoms. The summed E-state index contributed by atoms with van der Waals surface area (Å²) < 4.78 is 1.03. The molecule has 0 aliphatic heterocycles. The summed E-state index contributed by atoms with van der Waals surface area (Å²) in [7, 11) is 1.91. The van der Waals surface area contributed by atoms with Crippen molar-refractivity contribution in [3.05, 3.63) is 64.1 Å². The number of hydrogen-bond acceptors (Lipinski definition) is 3. The molecule has 6 heteroatoms. The Bertz CT molecular complexity index is 714. The summed E-state index contributed by atoms with van der Waals surface area (Å²) in [6.07, 6.45) is 0. The third kappa shape index (κ3) is 4.91. The van der Waals surface area contributed by atoms with E-state index in [1.807, 2.05) is 43.1 Å². The van der Waals surface area contributed by atoms with E-state index in [-0.39, 0.29) is 11.9 Å². The normalized spacial score (nSPS) is 12.0. The molecule has 1 atom stereocenters. The summed E-state index contributed by atoms with van der Waals surface area (Å²) in [5.41, 5.74) is 7.37. The van der Waals surface area contributed by atoms with Crippen LogP contribution in [-0.2, 0) is 11.3 Å². The zero-order chi connectivity index (χ0) is 17.7. The van der Waals surface area contributed by atoms with Crippen LogP contribution in [-0.4, -0.2) is 29.8 Å². The minimum atomic E-state index is -0.490. The molecule has 2 aromatic carbocycles. The maximum atomic E-state index is 12.4. The molecule has 0 radical (unpaired) electrons. The Kier molecular flexibility index (Phi) is 6.11. The maximum Gasteiger partial charge on any atom is 0.248 e. The van der Waals surface area contributed by atoms with Crippen LogP contribution in [0.25, 0.3) is 0 Å². The Morgan fingerprint density at radius 1 is 1.12 bits per heavy atom. The monoisotopic (exact) mass is 389 g/mol. The number of amides is 2. The molecule has 2 amide bonds. The molecule has 2 rings (SSSR count). The average molecular weight is 390 g/mol. The number of nitrogens with one attached hydrogen (secondary N) is 1. The van der Waals surface area contributed by atoms with Crippen molar-refractivity contribution in [2.24, 2.45) is 5.73 Å². The number of nitrogens with two attached hydrogens (primary N) is 1. The van der Waals surface area contributed by atoms with Gasteiger partial charge >= 0.3 is 0 Å². The van der Waals surface area contributed by atoms with Crippen molar-refractivity contribution in [1.82, 2.24) is 4.90 Å². The fraction of sp³-hybridized carbons (Fsp3) is 0.222. The van der Waals surface area contributed by atoms with Gasteiger partial charge in [0.1, 0.15) is 0 Å². The highest BCUT2D eigenvalue weighted by Crippen LogP contribution is 2.14. The van der Waals surface area contributed by atoms with Gasteiger partial charge < -0.3 is 11.1 Å². The quantitative estimate of drug-likeness (QED) is 0.796. The van der Waals surface area contributed by atoms with Gasteiger partial charge in [-0.15, -0.1) is 0 Å². The standard InChI is InChI=1S/C18H20BrN3O2/c1-12(22(2)11-13-3-7-15(19)8-4-13)18(24)21-16-9-5-14(6-10-16)17(20)23/h3-10,12H,11H2,1-2H3,(H2,20,23)(H,21,24)/t12-/m0/s1. The zero-order valence-electron chi connectivity index (χ0n) is 13.6. The van der Waals surface area contributed by atoms with Crippen LogP contribution in [0.5, 0.6) is 0 Å². The fourth-order valence-electron chi connectivity index (χ4n) is 2.18. The van der Waals surface area contributed by atoms with Gasteiger partial charge in [0.15, 0.2) is 0 Å². The number of carbonyl (C=O) groups excluding carboxylic acids is 2. The van der Waals surface area contributed by atoms with Crippen LogP contribution < -0.4 is 11.1 Å². The fourth-order valence-corrected chi connectivity index (χ4v) is 2.44. The lowest BCUT2D eigenvalue weighted by atomic mass is 10.1. The molecular weight excluding hydrogens is 370 g/mol. The van der Waals surface area contributed by atoms with Crippen molar-refractivity contribution in [3.8, 4) is 0 Å². The maximum absolute atomic E-state index is 12.4. The van der Waals surface area contributed by atoms with E-state index in [0.717, 1.165) is 10.0 Å². The Balaban J connectivity index is 1.95. The van der Waals surface area contributed by atoms with E-state index in [1.165, 1.54) is 0 Å². The molecule has 5 nitrogen and oxygen atoms in total. The van der Waals surface area contributed by atoms with Gasteiger partial charge in [0.2, 0.25) is 11.8 Å². The van der Waals surface area contributed by atoms with Crippen molar-refractivity contribution < 1.29 is 9.59 Å². The number of rotatable bonds is 6. The Labute approximate surface area is 150 Å². The van der Waals surface area contributed by atoms with Crippen LogP contribution in [0.3, 0.4) is 0 Å². The lowest BCUT2D eigenvalue weighted by Gasteiger charge is -2.24. The van der Waals surface area contributed by atoms with Crippen molar-refractivity contribution in [1.29, 1.82) is 0 Å². The van der Waals surface area contributed by atoms with Crippen LogP contribution >= 0.6 is 15.9 Å². The molecule has 0 aliphatic rings. The number of anilines is 1. The number of hydrogen-bond donors (Lipinski definition) is 2. The van der Waals surface area contributed by atoms with Crippen molar-refractivity contribution in [3.63, 3.8) is 0 Å². The highest BCUT2D eigenvalue weighted by atomic mass is 79.9. The number of halogens is 1. The molecule has 0 unspecified atom stereocenters. The van der Waals surface area contributed by atoms with Crippen LogP contribution in [0.1, 0.15) is 22.8 Å². The Morgan fingerprint density at radius 2 is 1.71 bits per heavy atom. The lowest BCUT2D eigenvalue weighted by Crippen LogP contribution is -2.39. The number of benzene rings is 2. The largest absolute Gasteiger partial charge is 0.366 e. The first-order chi connectivity index (χ1) is 11.4. The number of likely N-dealkylation sites (N-methyl/N-ethyl adjacent to an activating group) is 1. The van der Waals surface area contributed by atoms with Crippen molar-refractivity contribution >= 4 is 33.4 Å². The SMILES string of the molecule is C[C@@H](C(=O)Nc1ccc(C(N)=O)cc1)N(C)Cc1ccc(Br)cc1. The molecule has 0 saturated carbocycles. The molecule has 24 heavy (non-hydrogen) atoms. The minimum absolute atomic E-state index is 0.110. The summed E-state index contributed by atoms with van der Waals surface area (Å²) in [6.45, 7) is 2.52. The van der Waals surface area contributed by atoms with Gasteiger partial charge in [0.25, 0.3) is 0 Å².